The number of piperidine rings is 1. The summed E-state index contributed by atoms with van der Waals surface area (Å²) in [5, 5.41) is 0. The number of rotatable bonds is 13. The smallest absolute Gasteiger partial charge is 0.416 e. The van der Waals surface area contributed by atoms with Crippen LogP contribution in [0.1, 0.15) is 77.2 Å². The SMILES string of the molecule is CCCCCCCC(=O)OC(C)OC1CCN(CCCN2c3ccccc3Sc3ccc(C(F)(F)F)cc32)CC1. The van der Waals surface area contributed by atoms with Gasteiger partial charge in [0, 0.05) is 35.8 Å². The number of anilines is 2. The molecule has 2 aromatic carbocycles. The topological polar surface area (TPSA) is 42.0 Å². The lowest BCUT2D eigenvalue weighted by Gasteiger charge is -2.35. The largest absolute Gasteiger partial charge is 0.436 e. The molecule has 2 aliphatic rings. The number of para-hydroxylation sites is 1. The molecule has 2 aromatic rings. The maximum Gasteiger partial charge on any atom is 0.416 e. The molecule has 1 saturated heterocycles. The zero-order valence-electron chi connectivity index (χ0n) is 23.5. The average Bonchev–Trinajstić information content (AvgIpc) is 2.92. The lowest BCUT2D eigenvalue weighted by molar-refractivity contribution is -0.188. The average molecular weight is 579 g/mol. The highest BCUT2D eigenvalue weighted by atomic mass is 32.2. The molecule has 2 heterocycles. The fourth-order valence-electron chi connectivity index (χ4n) is 5.38. The quantitative estimate of drug-likeness (QED) is 0.135. The third-order valence-corrected chi connectivity index (χ3v) is 8.64. The lowest BCUT2D eigenvalue weighted by Crippen LogP contribution is -2.40. The van der Waals surface area contributed by atoms with Gasteiger partial charge in [-0.25, -0.2) is 0 Å². The summed E-state index contributed by atoms with van der Waals surface area (Å²) in [6, 6.07) is 11.9. The number of ether oxygens (including phenoxy) is 2. The van der Waals surface area contributed by atoms with E-state index in [4.69, 9.17) is 9.47 Å². The zero-order chi connectivity index (χ0) is 28.5. The van der Waals surface area contributed by atoms with Gasteiger partial charge in [-0.15, -0.1) is 0 Å². The Morgan fingerprint density at radius 2 is 1.70 bits per heavy atom. The fourth-order valence-corrected chi connectivity index (χ4v) is 6.46. The summed E-state index contributed by atoms with van der Waals surface area (Å²) in [5.74, 6) is -0.192. The zero-order valence-corrected chi connectivity index (χ0v) is 24.4. The molecule has 1 atom stereocenters. The molecule has 5 nitrogen and oxygen atoms in total. The summed E-state index contributed by atoms with van der Waals surface area (Å²) in [7, 11) is 0. The molecule has 0 spiro atoms. The van der Waals surface area contributed by atoms with E-state index in [1.165, 1.54) is 36.7 Å². The van der Waals surface area contributed by atoms with Crippen LogP contribution < -0.4 is 4.90 Å². The lowest BCUT2D eigenvalue weighted by atomic mass is 10.1. The summed E-state index contributed by atoms with van der Waals surface area (Å²) in [4.78, 5) is 18.4. The third-order valence-electron chi connectivity index (χ3n) is 7.51. The van der Waals surface area contributed by atoms with Crippen molar-refractivity contribution in [1.82, 2.24) is 4.90 Å². The van der Waals surface area contributed by atoms with Crippen LogP contribution in [0.4, 0.5) is 24.5 Å². The van der Waals surface area contributed by atoms with Crippen molar-refractivity contribution in [2.24, 2.45) is 0 Å². The van der Waals surface area contributed by atoms with E-state index in [9.17, 15) is 18.0 Å². The van der Waals surface area contributed by atoms with Gasteiger partial charge in [-0.05, 0) is 69.5 Å². The minimum Gasteiger partial charge on any atom is -0.436 e. The van der Waals surface area contributed by atoms with E-state index in [1.54, 1.807) is 13.0 Å². The van der Waals surface area contributed by atoms with Crippen LogP contribution in [0.2, 0.25) is 0 Å². The van der Waals surface area contributed by atoms with Crippen LogP contribution >= 0.6 is 11.8 Å². The van der Waals surface area contributed by atoms with Gasteiger partial charge in [-0.1, -0.05) is 56.5 Å². The number of fused-ring (bicyclic) bond motifs is 2. The first-order valence-electron chi connectivity index (χ1n) is 14.6. The maximum atomic E-state index is 13.5. The van der Waals surface area contributed by atoms with E-state index in [0.29, 0.717) is 18.7 Å². The number of hydrogen-bond donors (Lipinski definition) is 0. The van der Waals surface area contributed by atoms with Gasteiger partial charge in [-0.2, -0.15) is 13.2 Å². The second-order valence-corrected chi connectivity index (χ2v) is 11.7. The van der Waals surface area contributed by atoms with Gasteiger partial charge in [-0.3, -0.25) is 4.79 Å². The minimum atomic E-state index is -4.38. The van der Waals surface area contributed by atoms with Gasteiger partial charge in [0.1, 0.15) is 0 Å². The van der Waals surface area contributed by atoms with Crippen LogP contribution in [-0.4, -0.2) is 49.4 Å². The molecule has 1 unspecified atom stereocenters. The van der Waals surface area contributed by atoms with Crippen molar-refractivity contribution >= 4 is 29.1 Å². The van der Waals surface area contributed by atoms with E-state index >= 15 is 0 Å². The molecule has 40 heavy (non-hydrogen) atoms. The molecule has 9 heteroatoms. The Morgan fingerprint density at radius 1 is 0.975 bits per heavy atom. The summed E-state index contributed by atoms with van der Waals surface area (Å²) < 4.78 is 51.9. The Labute approximate surface area is 240 Å². The van der Waals surface area contributed by atoms with Crippen molar-refractivity contribution in [2.45, 2.75) is 100.0 Å². The number of benzene rings is 2. The van der Waals surface area contributed by atoms with Crippen LogP contribution in [0.25, 0.3) is 0 Å². The maximum absolute atomic E-state index is 13.5. The first kappa shape index (κ1) is 30.7. The van der Waals surface area contributed by atoms with Crippen molar-refractivity contribution in [3.63, 3.8) is 0 Å². The molecule has 0 aromatic heterocycles. The Balaban J connectivity index is 1.23. The highest BCUT2D eigenvalue weighted by Gasteiger charge is 2.33. The van der Waals surface area contributed by atoms with E-state index in [-0.39, 0.29) is 12.1 Å². The highest BCUT2D eigenvalue weighted by molar-refractivity contribution is 7.99. The number of esters is 1. The van der Waals surface area contributed by atoms with E-state index in [1.807, 2.05) is 29.2 Å². The Morgan fingerprint density at radius 3 is 2.45 bits per heavy atom. The van der Waals surface area contributed by atoms with Crippen molar-refractivity contribution in [3.8, 4) is 0 Å². The van der Waals surface area contributed by atoms with Crippen LogP contribution in [-0.2, 0) is 20.4 Å². The molecule has 0 amide bonds. The van der Waals surface area contributed by atoms with Crippen molar-refractivity contribution in [2.75, 3.05) is 31.1 Å². The molecule has 0 bridgehead atoms. The predicted octanol–water partition coefficient (Wildman–Crippen LogP) is 8.43. The fraction of sp³-hybridized carbons (Fsp3) is 0.581. The summed E-state index contributed by atoms with van der Waals surface area (Å²) >= 11 is 1.52. The van der Waals surface area contributed by atoms with Gasteiger partial charge in [0.2, 0.25) is 0 Å². The first-order valence-corrected chi connectivity index (χ1v) is 15.4. The first-order chi connectivity index (χ1) is 19.2. The van der Waals surface area contributed by atoms with Crippen LogP contribution in [0.15, 0.2) is 52.3 Å². The number of unbranched alkanes of at least 4 members (excludes halogenated alkanes) is 4. The molecule has 2 aliphatic heterocycles. The number of nitrogens with zero attached hydrogens (tertiary/aromatic N) is 2. The Hall–Kier alpha value is -2.23. The highest BCUT2D eigenvalue weighted by Crippen LogP contribution is 2.49. The third kappa shape index (κ3) is 8.63. The minimum absolute atomic E-state index is 0.0577. The molecule has 4 rings (SSSR count). The van der Waals surface area contributed by atoms with E-state index in [0.717, 1.165) is 73.6 Å². The van der Waals surface area contributed by atoms with Crippen molar-refractivity contribution in [3.05, 3.63) is 48.0 Å². The molecule has 220 valence electrons. The van der Waals surface area contributed by atoms with Crippen LogP contribution in [0.5, 0.6) is 0 Å². The monoisotopic (exact) mass is 578 g/mol. The molecular formula is C31H41F3N2O3S. The normalized spacial score (nSPS) is 16.9. The number of hydrogen-bond acceptors (Lipinski definition) is 6. The molecule has 0 saturated carbocycles. The Kier molecular flexibility index (Phi) is 11.2. The molecule has 0 radical (unpaired) electrons. The van der Waals surface area contributed by atoms with Gasteiger partial charge in [0.15, 0.2) is 6.29 Å². The summed E-state index contributed by atoms with van der Waals surface area (Å²) in [6.45, 7) is 7.21. The van der Waals surface area contributed by atoms with Gasteiger partial charge in [0.05, 0.1) is 23.0 Å². The predicted molar refractivity (Wildman–Crippen MR) is 153 cm³/mol. The number of halogens is 3. The van der Waals surface area contributed by atoms with Crippen LogP contribution in [0, 0.1) is 0 Å². The molecule has 0 N–H and O–H groups in total. The van der Waals surface area contributed by atoms with Gasteiger partial charge in [0.25, 0.3) is 0 Å². The van der Waals surface area contributed by atoms with Crippen LogP contribution in [0.3, 0.4) is 0 Å². The number of likely N-dealkylation sites (tertiary alicyclic amines) is 1. The molecule has 0 aliphatic carbocycles. The second kappa shape index (κ2) is 14.6. The van der Waals surface area contributed by atoms with Gasteiger partial charge < -0.3 is 19.3 Å². The molecular weight excluding hydrogens is 537 g/mol. The molecule has 1 fully saturated rings. The second-order valence-electron chi connectivity index (χ2n) is 10.7. The summed E-state index contributed by atoms with van der Waals surface area (Å²) in [5.41, 5.74) is 0.955. The summed E-state index contributed by atoms with van der Waals surface area (Å²) in [6.07, 6.45) is 3.59. The van der Waals surface area contributed by atoms with Crippen molar-refractivity contribution < 1.29 is 27.4 Å². The Bertz CT molecular complexity index is 1110. The number of carbonyl (C=O) groups is 1. The van der Waals surface area contributed by atoms with Crippen molar-refractivity contribution in [1.29, 1.82) is 0 Å². The van der Waals surface area contributed by atoms with E-state index < -0.39 is 18.0 Å². The van der Waals surface area contributed by atoms with E-state index in [2.05, 4.69) is 11.8 Å². The number of carbonyl (C=O) groups excluding carboxylic acids is 1. The van der Waals surface area contributed by atoms with Gasteiger partial charge >= 0.3 is 12.1 Å². The number of alkyl halides is 3. The standard InChI is InChI=1S/C31H41F3N2O3S/c1-3-4-5-6-7-13-30(37)39-23(2)38-25-16-20-35(21-17-25)18-10-19-36-26-11-8-9-12-28(26)40-29-15-14-24(22-27(29)36)31(32,33)34/h8-9,11-12,14-15,22-23,25H,3-7,10,13,16-21H2,1-2H3.